The van der Waals surface area contributed by atoms with E-state index in [9.17, 15) is 10.2 Å². The van der Waals surface area contributed by atoms with Crippen LogP contribution in [0.15, 0.2) is 43.4 Å². The monoisotopic (exact) mass is 591 g/mol. The summed E-state index contributed by atoms with van der Waals surface area (Å²) in [7, 11) is 3.82. The fourth-order valence-corrected chi connectivity index (χ4v) is 6.87. The third kappa shape index (κ3) is 5.72. The summed E-state index contributed by atoms with van der Waals surface area (Å²) in [6.45, 7) is 9.64. The number of allylic oxidation sites excluding steroid dienone is 2. The average Bonchev–Trinajstić information content (AvgIpc) is 3.48. The Balaban J connectivity index is 0.974. The summed E-state index contributed by atoms with van der Waals surface area (Å²) in [5.41, 5.74) is 10.9. The van der Waals surface area contributed by atoms with Crippen LogP contribution in [0.1, 0.15) is 50.7 Å². The lowest BCUT2D eigenvalue weighted by Gasteiger charge is -2.42. The fourth-order valence-electron chi connectivity index (χ4n) is 6.87. The van der Waals surface area contributed by atoms with E-state index in [2.05, 4.69) is 71.2 Å². The number of aromatic nitrogens is 2. The molecule has 5 atom stereocenters. The van der Waals surface area contributed by atoms with E-state index in [1.54, 1.807) is 24.3 Å². The molecule has 0 spiro atoms. The van der Waals surface area contributed by atoms with Gasteiger partial charge in [0.15, 0.2) is 6.23 Å². The maximum Gasteiger partial charge on any atom is 0.164 e. The Morgan fingerprint density at radius 3 is 2.70 bits per heavy atom. The van der Waals surface area contributed by atoms with Crippen molar-refractivity contribution in [3.05, 3.63) is 54.5 Å². The molecule has 3 aliphatic heterocycles. The molecule has 4 heterocycles. The van der Waals surface area contributed by atoms with Gasteiger partial charge in [0.2, 0.25) is 0 Å². The molecule has 4 aliphatic rings. The minimum atomic E-state index is -1.11. The predicted molar refractivity (Wildman–Crippen MR) is 169 cm³/mol. The number of hydrogen-bond acceptors (Lipinski definition) is 11. The maximum absolute atomic E-state index is 10.9. The summed E-state index contributed by atoms with van der Waals surface area (Å²) in [6, 6.07) is 7.04. The highest BCUT2D eigenvalue weighted by molar-refractivity contribution is 5.88. The molecule has 43 heavy (non-hydrogen) atoms. The molecular weight excluding hydrogens is 546 g/mol. The van der Waals surface area contributed by atoms with Crippen molar-refractivity contribution in [2.45, 2.75) is 81.7 Å². The summed E-state index contributed by atoms with van der Waals surface area (Å²) in [5, 5.41) is 29.1. The number of nitrogens with two attached hydrogens (primary N) is 1. The van der Waals surface area contributed by atoms with Gasteiger partial charge in [0.05, 0.1) is 29.7 Å². The molecule has 1 aliphatic carbocycles. The van der Waals surface area contributed by atoms with Gasteiger partial charge in [0, 0.05) is 31.3 Å². The number of rotatable bonds is 10. The van der Waals surface area contributed by atoms with Crippen molar-refractivity contribution in [1.82, 2.24) is 14.9 Å². The Kier molecular flexibility index (Phi) is 8.12. The standard InChI is InChI=1S/C32H45N7O4/c1-18-10-11-39(30-26(18)29(33)34-17-35-30)31-28(41)27(40)24(43-31)15-38(4)21-12-19(13-21)6-9-25-36-22-8-7-20(14-23(22)37-25)32(2,3)16-42-5/h7-8,10-11,14,17,19,21,24-25,27-28,31,36-37,40-41H,1,6,9,12-13,15-16H2,2-5H3,(H2,33,34,35). The van der Waals surface area contributed by atoms with Crippen LogP contribution in [0.2, 0.25) is 0 Å². The van der Waals surface area contributed by atoms with Crippen LogP contribution in [0.3, 0.4) is 0 Å². The van der Waals surface area contributed by atoms with Crippen molar-refractivity contribution in [2.24, 2.45) is 5.92 Å². The summed E-state index contributed by atoms with van der Waals surface area (Å²) in [4.78, 5) is 12.4. The van der Waals surface area contributed by atoms with Crippen LogP contribution in [0.25, 0.3) is 5.57 Å². The van der Waals surface area contributed by atoms with E-state index in [-0.39, 0.29) is 11.6 Å². The van der Waals surface area contributed by atoms with E-state index in [0.717, 1.165) is 37.1 Å². The van der Waals surface area contributed by atoms with Gasteiger partial charge in [-0.15, -0.1) is 0 Å². The molecule has 6 N–H and O–H groups in total. The normalized spacial score (nSPS) is 29.7. The summed E-state index contributed by atoms with van der Waals surface area (Å²) in [5.74, 6) is 1.49. The fraction of sp³-hybridized carbons (Fsp3) is 0.562. The van der Waals surface area contributed by atoms with E-state index in [1.165, 1.54) is 11.9 Å². The SMILES string of the molecule is C=C1C=CN(C2OC(CN(C)C3CC(CCC4Nc5ccc(C(C)(C)COC)cc5N4)C3)C(O)C2O)c2ncnc(N)c21. The topological polar surface area (TPSA) is 141 Å². The number of fused-ring (bicyclic) bond motifs is 2. The zero-order valence-corrected chi connectivity index (χ0v) is 25.5. The molecule has 0 bridgehead atoms. The zero-order chi connectivity index (χ0) is 30.5. The number of nitrogens with zero attached hydrogens (tertiary/aromatic N) is 4. The first-order chi connectivity index (χ1) is 20.6. The lowest BCUT2D eigenvalue weighted by Crippen LogP contribution is -2.48. The van der Waals surface area contributed by atoms with E-state index >= 15 is 0 Å². The Bertz CT molecular complexity index is 1380. The van der Waals surface area contributed by atoms with Gasteiger partial charge in [-0.1, -0.05) is 26.5 Å². The Morgan fingerprint density at radius 2 is 1.93 bits per heavy atom. The number of nitrogen functional groups attached to an aromatic ring is 1. The van der Waals surface area contributed by atoms with Crippen molar-refractivity contribution in [1.29, 1.82) is 0 Å². The van der Waals surface area contributed by atoms with E-state index in [0.29, 0.717) is 47.9 Å². The Hall–Kier alpha value is -3.22. The lowest BCUT2D eigenvalue weighted by molar-refractivity contribution is -0.0246. The van der Waals surface area contributed by atoms with E-state index < -0.39 is 24.5 Å². The van der Waals surface area contributed by atoms with Gasteiger partial charge in [-0.2, -0.15) is 0 Å². The number of benzene rings is 1. The molecule has 232 valence electrons. The second-order valence-electron chi connectivity index (χ2n) is 13.2. The quantitative estimate of drug-likeness (QED) is 0.278. The van der Waals surface area contributed by atoms with Crippen molar-refractivity contribution in [2.75, 3.05) is 48.6 Å². The predicted octanol–water partition coefficient (Wildman–Crippen LogP) is 3.13. The van der Waals surface area contributed by atoms with Crippen molar-refractivity contribution < 1.29 is 19.7 Å². The maximum atomic E-state index is 10.9. The van der Waals surface area contributed by atoms with Gasteiger partial charge in [-0.05, 0) is 68.0 Å². The van der Waals surface area contributed by atoms with E-state index in [1.807, 2.05) is 0 Å². The number of likely N-dealkylation sites (N-methyl/N-ethyl adjacent to an activating group) is 1. The third-order valence-electron chi connectivity index (χ3n) is 9.60. The number of anilines is 4. The van der Waals surface area contributed by atoms with Crippen LogP contribution < -0.4 is 21.3 Å². The number of hydrogen-bond donors (Lipinski definition) is 5. The summed E-state index contributed by atoms with van der Waals surface area (Å²) in [6.07, 6.45) is 6.12. The molecule has 1 aromatic carbocycles. The minimum absolute atomic E-state index is 0.0375. The Morgan fingerprint density at radius 1 is 1.16 bits per heavy atom. The number of ether oxygens (including phenoxy) is 2. The molecule has 1 aromatic heterocycles. The first kappa shape index (κ1) is 29.8. The average molecular weight is 592 g/mol. The first-order valence-electron chi connectivity index (χ1n) is 15.2. The van der Waals surface area contributed by atoms with Gasteiger partial charge >= 0.3 is 0 Å². The van der Waals surface area contributed by atoms with Crippen molar-refractivity contribution >= 4 is 28.6 Å². The van der Waals surface area contributed by atoms with Crippen LogP contribution in [0.4, 0.5) is 23.0 Å². The highest BCUT2D eigenvalue weighted by Crippen LogP contribution is 2.40. The number of aliphatic hydroxyl groups excluding tert-OH is 2. The van der Waals surface area contributed by atoms with Gasteiger partial charge in [0.1, 0.15) is 36.3 Å². The minimum Gasteiger partial charge on any atom is -0.387 e. The van der Waals surface area contributed by atoms with Crippen LogP contribution >= 0.6 is 0 Å². The molecule has 0 amide bonds. The smallest absolute Gasteiger partial charge is 0.164 e. The largest absolute Gasteiger partial charge is 0.387 e. The third-order valence-corrected chi connectivity index (χ3v) is 9.60. The van der Waals surface area contributed by atoms with Crippen LogP contribution in [-0.2, 0) is 14.9 Å². The van der Waals surface area contributed by atoms with Crippen molar-refractivity contribution in [3.8, 4) is 0 Å². The van der Waals surface area contributed by atoms with Crippen LogP contribution in [-0.4, -0.2) is 89.1 Å². The molecule has 1 saturated heterocycles. The lowest BCUT2D eigenvalue weighted by atomic mass is 9.76. The van der Waals surface area contributed by atoms with Gasteiger partial charge in [0.25, 0.3) is 0 Å². The zero-order valence-electron chi connectivity index (χ0n) is 25.5. The van der Waals surface area contributed by atoms with Gasteiger partial charge in [-0.3, -0.25) is 0 Å². The summed E-state index contributed by atoms with van der Waals surface area (Å²) < 4.78 is 11.7. The van der Waals surface area contributed by atoms with Crippen LogP contribution in [0, 0.1) is 5.92 Å². The molecule has 5 unspecified atom stereocenters. The number of nitrogens with one attached hydrogen (secondary N) is 2. The second-order valence-corrected chi connectivity index (χ2v) is 13.2. The molecule has 2 aromatic rings. The van der Waals surface area contributed by atoms with E-state index in [4.69, 9.17) is 15.2 Å². The molecule has 11 nitrogen and oxygen atoms in total. The molecule has 0 radical (unpaired) electrons. The first-order valence-corrected chi connectivity index (χ1v) is 15.2. The molecular formula is C32H45N7O4. The molecule has 2 fully saturated rings. The molecule has 6 rings (SSSR count). The summed E-state index contributed by atoms with van der Waals surface area (Å²) >= 11 is 0. The highest BCUT2D eigenvalue weighted by Gasteiger charge is 2.47. The van der Waals surface area contributed by atoms with Gasteiger partial charge in [-0.25, -0.2) is 9.97 Å². The van der Waals surface area contributed by atoms with Gasteiger partial charge < -0.3 is 45.9 Å². The highest BCUT2D eigenvalue weighted by atomic mass is 16.6. The molecule has 1 saturated carbocycles. The van der Waals surface area contributed by atoms with Crippen molar-refractivity contribution in [3.63, 3.8) is 0 Å². The second kappa shape index (κ2) is 11.7. The molecule has 11 heteroatoms. The number of methoxy groups -OCH3 is 1. The van der Waals surface area contributed by atoms with Crippen LogP contribution in [0.5, 0.6) is 0 Å². The number of aliphatic hydroxyl groups is 2. The Labute approximate surface area is 253 Å².